The van der Waals surface area contributed by atoms with Crippen molar-refractivity contribution in [2.24, 2.45) is 28.2 Å². The van der Waals surface area contributed by atoms with Crippen LogP contribution in [0.4, 0.5) is 0 Å². The van der Waals surface area contributed by atoms with Crippen molar-refractivity contribution >= 4 is 87.2 Å². The summed E-state index contributed by atoms with van der Waals surface area (Å²) in [7, 11) is 8.74. The molecule has 11 rings (SSSR count). The molecule has 0 aliphatic carbocycles. The van der Waals surface area contributed by atoms with Crippen molar-refractivity contribution in [1.29, 1.82) is 0 Å². The van der Waals surface area contributed by atoms with Crippen molar-refractivity contribution in [2.45, 2.75) is 0 Å². The minimum Gasteiger partial charge on any atom is -0.344 e. The van der Waals surface area contributed by atoms with Gasteiger partial charge in [-0.3, -0.25) is 0 Å². The van der Waals surface area contributed by atoms with Gasteiger partial charge in [0.05, 0.1) is 0 Å². The number of fused-ring (bicyclic) bond motifs is 12. The molecule has 0 saturated carbocycles. The molecule has 11 aromatic rings. The third-order valence-electron chi connectivity index (χ3n) is 11.6. The van der Waals surface area contributed by atoms with Crippen molar-refractivity contribution in [3.05, 3.63) is 133 Å². The van der Waals surface area contributed by atoms with Crippen LogP contribution in [0.3, 0.4) is 0 Å². The Bertz CT molecular complexity index is 3010. The molecule has 0 saturated heterocycles. The van der Waals surface area contributed by atoms with Crippen molar-refractivity contribution < 1.29 is 0 Å². The fourth-order valence-electron chi connectivity index (χ4n) is 8.92. The predicted molar refractivity (Wildman–Crippen MR) is 213 cm³/mol. The molecule has 0 fully saturated rings. The molecule has 0 N–H and O–H groups in total. The number of aromatic nitrogens is 4. The topological polar surface area (TPSA) is 19.7 Å². The van der Waals surface area contributed by atoms with Gasteiger partial charge < -0.3 is 18.3 Å². The maximum Gasteiger partial charge on any atom is 0.0496 e. The van der Waals surface area contributed by atoms with Crippen LogP contribution >= 0.6 is 0 Å². The van der Waals surface area contributed by atoms with Crippen LogP contribution in [0.25, 0.3) is 109 Å². The van der Waals surface area contributed by atoms with Crippen LogP contribution in [-0.4, -0.2) is 18.3 Å². The first kappa shape index (κ1) is 27.7. The predicted octanol–water partition coefficient (Wildman–Crippen LogP) is 11.6. The van der Waals surface area contributed by atoms with Gasteiger partial charge in [0.1, 0.15) is 0 Å². The lowest BCUT2D eigenvalue weighted by atomic mass is 9.98. The van der Waals surface area contributed by atoms with E-state index in [9.17, 15) is 0 Å². The summed E-state index contributed by atoms with van der Waals surface area (Å²) in [6, 6.07) is 49.8. The van der Waals surface area contributed by atoms with Gasteiger partial charge in [-0.1, -0.05) is 84.9 Å². The SMILES string of the molecule is Cn1c2ccccc2c2cc3c(cc21)c1ccc(-c2ccc(-c4ccc5c6cc7c(cc6n(C)c5c4)c4ccccc4n7C)cc2)cc1n3C. The standard InChI is InChI=1S/C46H34N4/c1-47-39-11-7-5-9-31(39)35-23-45-37(25-43(35)47)33-19-17-29(21-41(33)49(45)3)27-13-15-28(16-14-27)30-18-20-34-38-26-44-36(24-46(38)50(4)42(34)22-30)32-10-6-8-12-40(32)48(44)2/h5-26H,1-4H3. The second-order valence-corrected chi connectivity index (χ2v) is 14.1. The molecule has 0 aliphatic heterocycles. The highest BCUT2D eigenvalue weighted by Gasteiger charge is 2.17. The van der Waals surface area contributed by atoms with Gasteiger partial charge in [-0.25, -0.2) is 0 Å². The van der Waals surface area contributed by atoms with E-state index in [0.29, 0.717) is 0 Å². The van der Waals surface area contributed by atoms with E-state index in [-0.39, 0.29) is 0 Å². The Balaban J connectivity index is 0.983. The normalized spacial score (nSPS) is 12.4. The summed E-state index contributed by atoms with van der Waals surface area (Å²) in [5.74, 6) is 0. The number of hydrogen-bond donors (Lipinski definition) is 0. The van der Waals surface area contributed by atoms with Gasteiger partial charge >= 0.3 is 0 Å². The van der Waals surface area contributed by atoms with Crippen LogP contribution in [0, 0.1) is 0 Å². The van der Waals surface area contributed by atoms with E-state index in [4.69, 9.17) is 0 Å². The van der Waals surface area contributed by atoms with Gasteiger partial charge in [-0.15, -0.1) is 0 Å². The van der Waals surface area contributed by atoms with E-state index >= 15 is 0 Å². The molecule has 0 aliphatic rings. The average molecular weight is 643 g/mol. The molecular formula is C46H34N4. The van der Waals surface area contributed by atoms with Crippen molar-refractivity contribution in [3.63, 3.8) is 0 Å². The van der Waals surface area contributed by atoms with E-state index < -0.39 is 0 Å². The fourth-order valence-corrected chi connectivity index (χ4v) is 8.92. The Labute approximate surface area is 288 Å². The van der Waals surface area contributed by atoms with Gasteiger partial charge in [0.2, 0.25) is 0 Å². The second kappa shape index (κ2) is 9.67. The summed E-state index contributed by atoms with van der Waals surface area (Å²) in [6.45, 7) is 0. The summed E-state index contributed by atoms with van der Waals surface area (Å²) in [6.07, 6.45) is 0. The number of benzene rings is 7. The summed E-state index contributed by atoms with van der Waals surface area (Å²) in [5, 5.41) is 10.4. The van der Waals surface area contributed by atoms with E-state index in [2.05, 4.69) is 180 Å². The molecule has 0 radical (unpaired) electrons. The molecule has 4 aromatic heterocycles. The Morgan fingerprint density at radius 2 is 0.520 bits per heavy atom. The third kappa shape index (κ3) is 3.55. The van der Waals surface area contributed by atoms with Crippen molar-refractivity contribution in [1.82, 2.24) is 18.3 Å². The first-order valence-electron chi connectivity index (χ1n) is 17.3. The minimum atomic E-state index is 1.22. The maximum absolute atomic E-state index is 2.37. The van der Waals surface area contributed by atoms with Crippen LogP contribution in [0.2, 0.25) is 0 Å². The van der Waals surface area contributed by atoms with Crippen LogP contribution in [-0.2, 0) is 28.2 Å². The van der Waals surface area contributed by atoms with Crippen molar-refractivity contribution in [3.8, 4) is 22.3 Å². The smallest absolute Gasteiger partial charge is 0.0496 e. The van der Waals surface area contributed by atoms with Gasteiger partial charge in [0.15, 0.2) is 0 Å². The quantitative estimate of drug-likeness (QED) is 0.179. The van der Waals surface area contributed by atoms with Gasteiger partial charge in [0, 0.05) is 115 Å². The highest BCUT2D eigenvalue weighted by Crippen LogP contribution is 2.39. The molecule has 0 unspecified atom stereocenters. The molecule has 4 heterocycles. The third-order valence-corrected chi connectivity index (χ3v) is 11.6. The Morgan fingerprint density at radius 1 is 0.240 bits per heavy atom. The number of para-hydroxylation sites is 2. The monoisotopic (exact) mass is 642 g/mol. The van der Waals surface area contributed by atoms with Crippen LogP contribution in [0.1, 0.15) is 0 Å². The van der Waals surface area contributed by atoms with Crippen LogP contribution < -0.4 is 0 Å². The maximum atomic E-state index is 2.37. The fraction of sp³-hybridized carbons (Fsp3) is 0.0870. The Hall–Kier alpha value is -6.26. The zero-order valence-corrected chi connectivity index (χ0v) is 28.5. The zero-order valence-electron chi connectivity index (χ0n) is 28.5. The lowest BCUT2D eigenvalue weighted by Gasteiger charge is -2.07. The summed E-state index contributed by atoms with van der Waals surface area (Å²) < 4.78 is 9.35. The minimum absolute atomic E-state index is 1.22. The zero-order chi connectivity index (χ0) is 33.4. The molecule has 0 amide bonds. The molecule has 238 valence electrons. The number of hydrogen-bond acceptors (Lipinski definition) is 0. The van der Waals surface area contributed by atoms with Gasteiger partial charge in [0.25, 0.3) is 0 Å². The highest BCUT2D eigenvalue weighted by atomic mass is 15.0. The molecule has 4 nitrogen and oxygen atoms in total. The van der Waals surface area contributed by atoms with Crippen molar-refractivity contribution in [2.75, 3.05) is 0 Å². The molecule has 4 heteroatoms. The summed E-state index contributed by atoms with van der Waals surface area (Å²) in [5.41, 5.74) is 15.0. The summed E-state index contributed by atoms with van der Waals surface area (Å²) in [4.78, 5) is 0. The number of aryl methyl sites for hydroxylation is 4. The lowest BCUT2D eigenvalue weighted by Crippen LogP contribution is -1.88. The molecule has 0 spiro atoms. The van der Waals surface area contributed by atoms with Crippen LogP contribution in [0.15, 0.2) is 133 Å². The molecule has 50 heavy (non-hydrogen) atoms. The lowest BCUT2D eigenvalue weighted by molar-refractivity contribution is 1.01. The van der Waals surface area contributed by atoms with E-state index in [1.165, 1.54) is 109 Å². The number of nitrogens with zero attached hydrogens (tertiary/aromatic N) is 4. The van der Waals surface area contributed by atoms with Gasteiger partial charge in [-0.05, 0) is 70.8 Å². The largest absolute Gasteiger partial charge is 0.344 e. The second-order valence-electron chi connectivity index (χ2n) is 14.1. The van der Waals surface area contributed by atoms with E-state index in [1.807, 2.05) is 0 Å². The number of rotatable bonds is 2. The van der Waals surface area contributed by atoms with Crippen LogP contribution in [0.5, 0.6) is 0 Å². The highest BCUT2D eigenvalue weighted by molar-refractivity contribution is 6.19. The van der Waals surface area contributed by atoms with E-state index in [0.717, 1.165) is 0 Å². The van der Waals surface area contributed by atoms with Gasteiger partial charge in [-0.2, -0.15) is 0 Å². The Kier molecular flexibility index (Phi) is 5.35. The first-order valence-corrected chi connectivity index (χ1v) is 17.3. The molecular weight excluding hydrogens is 609 g/mol. The molecule has 0 atom stereocenters. The summed E-state index contributed by atoms with van der Waals surface area (Å²) >= 11 is 0. The molecule has 7 aromatic carbocycles. The first-order chi connectivity index (χ1) is 24.4. The van der Waals surface area contributed by atoms with E-state index in [1.54, 1.807) is 0 Å². The average Bonchev–Trinajstić information content (AvgIpc) is 3.81. The molecule has 0 bridgehead atoms. The Morgan fingerprint density at radius 3 is 0.900 bits per heavy atom.